The fourth-order valence-electron chi connectivity index (χ4n) is 2.02. The summed E-state index contributed by atoms with van der Waals surface area (Å²) in [6.07, 6.45) is 3.72. The van der Waals surface area contributed by atoms with E-state index in [1.165, 1.54) is 0 Å². The van der Waals surface area contributed by atoms with E-state index in [0.29, 0.717) is 18.7 Å². The van der Waals surface area contributed by atoms with Crippen LogP contribution in [0.25, 0.3) is 5.69 Å². The Morgan fingerprint density at radius 1 is 1.35 bits per heavy atom. The van der Waals surface area contributed by atoms with Gasteiger partial charge in [0.05, 0.1) is 18.5 Å². The molecular weight excluding hydrogens is 254 g/mol. The molecule has 0 atom stereocenters. The number of carbonyl (C=O) groups is 1. The summed E-state index contributed by atoms with van der Waals surface area (Å²) in [6, 6.07) is 7.31. The van der Waals surface area contributed by atoms with Crippen LogP contribution < -0.4 is 0 Å². The maximum Gasteiger partial charge on any atom is 0.253 e. The van der Waals surface area contributed by atoms with Gasteiger partial charge < -0.3 is 10.0 Å². The molecule has 1 heterocycles. The first-order chi connectivity index (χ1) is 9.65. The highest BCUT2D eigenvalue weighted by atomic mass is 16.3. The second kappa shape index (κ2) is 6.34. The minimum absolute atomic E-state index is 0.0236. The lowest BCUT2D eigenvalue weighted by molar-refractivity contribution is 0.0732. The number of rotatable bonds is 5. The van der Waals surface area contributed by atoms with E-state index in [1.807, 2.05) is 32.2 Å². The zero-order chi connectivity index (χ0) is 14.5. The summed E-state index contributed by atoms with van der Waals surface area (Å²) in [5.41, 5.74) is 2.62. The lowest BCUT2D eigenvalue weighted by Gasteiger charge is -2.19. The molecule has 0 aliphatic rings. The van der Waals surface area contributed by atoms with Crippen LogP contribution in [0.1, 0.15) is 22.8 Å². The van der Waals surface area contributed by atoms with Gasteiger partial charge in [-0.25, -0.2) is 4.68 Å². The molecule has 0 saturated carbocycles. The predicted molar refractivity (Wildman–Crippen MR) is 77.0 cm³/mol. The number of benzene rings is 1. The lowest BCUT2D eigenvalue weighted by Crippen LogP contribution is -2.33. The Hall–Kier alpha value is -2.14. The summed E-state index contributed by atoms with van der Waals surface area (Å²) in [5.74, 6) is -0.0651. The van der Waals surface area contributed by atoms with Gasteiger partial charge in [0.15, 0.2) is 0 Å². The van der Waals surface area contributed by atoms with E-state index in [2.05, 4.69) is 5.10 Å². The summed E-state index contributed by atoms with van der Waals surface area (Å²) in [5, 5.41) is 13.2. The first-order valence-electron chi connectivity index (χ1n) is 6.67. The minimum Gasteiger partial charge on any atom is -0.395 e. The number of amides is 1. The monoisotopic (exact) mass is 273 g/mol. The van der Waals surface area contributed by atoms with Gasteiger partial charge in [-0.2, -0.15) is 5.10 Å². The maximum absolute atomic E-state index is 12.2. The second-order valence-corrected chi connectivity index (χ2v) is 4.62. The molecular formula is C15H19N3O2. The van der Waals surface area contributed by atoms with Crippen molar-refractivity contribution in [2.24, 2.45) is 0 Å². The van der Waals surface area contributed by atoms with Gasteiger partial charge in [0.25, 0.3) is 5.91 Å². The molecule has 5 heteroatoms. The lowest BCUT2D eigenvalue weighted by atomic mass is 10.2. The standard InChI is InChI=1S/C15H19N3O2/c1-3-17(8-9-19)15(20)13-4-6-14(7-5-13)18-11-12(2)10-16-18/h4-7,10-11,19H,3,8-9H2,1-2H3. The Kier molecular flexibility index (Phi) is 4.53. The normalized spacial score (nSPS) is 10.6. The summed E-state index contributed by atoms with van der Waals surface area (Å²) in [4.78, 5) is 13.8. The number of likely N-dealkylation sites (N-methyl/N-ethyl adjacent to an activating group) is 1. The fourth-order valence-corrected chi connectivity index (χ4v) is 2.02. The zero-order valence-corrected chi connectivity index (χ0v) is 11.8. The molecule has 1 aromatic heterocycles. The molecule has 5 nitrogen and oxygen atoms in total. The highest BCUT2D eigenvalue weighted by molar-refractivity contribution is 5.94. The molecule has 0 aliphatic carbocycles. The number of hydrogen-bond donors (Lipinski definition) is 1. The Morgan fingerprint density at radius 2 is 2.05 bits per heavy atom. The van der Waals surface area contributed by atoms with E-state index in [0.717, 1.165) is 11.3 Å². The van der Waals surface area contributed by atoms with Crippen LogP contribution in [0.3, 0.4) is 0 Å². The van der Waals surface area contributed by atoms with Crippen molar-refractivity contribution in [1.82, 2.24) is 14.7 Å². The first kappa shape index (κ1) is 14.3. The quantitative estimate of drug-likeness (QED) is 0.901. The topological polar surface area (TPSA) is 58.4 Å². The number of hydrogen-bond acceptors (Lipinski definition) is 3. The minimum atomic E-state index is -0.0651. The molecule has 2 rings (SSSR count). The Morgan fingerprint density at radius 3 is 2.55 bits per heavy atom. The van der Waals surface area contributed by atoms with Crippen molar-refractivity contribution in [2.45, 2.75) is 13.8 Å². The van der Waals surface area contributed by atoms with Crippen molar-refractivity contribution in [3.8, 4) is 5.69 Å². The average molecular weight is 273 g/mol. The molecule has 1 aromatic carbocycles. The summed E-state index contributed by atoms with van der Waals surface area (Å²) in [6.45, 7) is 4.79. The van der Waals surface area contributed by atoms with Crippen LogP contribution in [0.4, 0.5) is 0 Å². The number of aryl methyl sites for hydroxylation is 1. The molecule has 20 heavy (non-hydrogen) atoms. The molecule has 0 fully saturated rings. The Bertz CT molecular complexity index is 575. The largest absolute Gasteiger partial charge is 0.395 e. The molecule has 1 amide bonds. The van der Waals surface area contributed by atoms with Crippen molar-refractivity contribution in [3.05, 3.63) is 47.8 Å². The van der Waals surface area contributed by atoms with Crippen molar-refractivity contribution >= 4 is 5.91 Å². The zero-order valence-electron chi connectivity index (χ0n) is 11.8. The average Bonchev–Trinajstić information content (AvgIpc) is 2.91. The number of carbonyl (C=O) groups excluding carboxylic acids is 1. The van der Waals surface area contributed by atoms with Crippen molar-refractivity contribution in [2.75, 3.05) is 19.7 Å². The second-order valence-electron chi connectivity index (χ2n) is 4.62. The van der Waals surface area contributed by atoms with Crippen molar-refractivity contribution in [3.63, 3.8) is 0 Å². The Balaban J connectivity index is 2.17. The highest BCUT2D eigenvalue weighted by Gasteiger charge is 2.13. The van der Waals surface area contributed by atoms with Crippen LogP contribution in [-0.2, 0) is 0 Å². The van der Waals surface area contributed by atoms with E-state index in [4.69, 9.17) is 5.11 Å². The smallest absolute Gasteiger partial charge is 0.253 e. The van der Waals surface area contributed by atoms with Gasteiger partial charge >= 0.3 is 0 Å². The van der Waals surface area contributed by atoms with Gasteiger partial charge in [0, 0.05) is 24.8 Å². The molecule has 0 radical (unpaired) electrons. The maximum atomic E-state index is 12.2. The first-order valence-corrected chi connectivity index (χ1v) is 6.67. The number of nitrogens with zero attached hydrogens (tertiary/aromatic N) is 3. The third-order valence-electron chi connectivity index (χ3n) is 3.13. The summed E-state index contributed by atoms with van der Waals surface area (Å²) < 4.78 is 1.77. The molecule has 0 unspecified atom stereocenters. The molecule has 0 saturated heterocycles. The van der Waals surface area contributed by atoms with Gasteiger partial charge in [-0.15, -0.1) is 0 Å². The van der Waals surface area contributed by atoms with Gasteiger partial charge in [-0.3, -0.25) is 4.79 Å². The van der Waals surface area contributed by atoms with Crippen LogP contribution in [0.15, 0.2) is 36.7 Å². The summed E-state index contributed by atoms with van der Waals surface area (Å²) >= 11 is 0. The fraction of sp³-hybridized carbons (Fsp3) is 0.333. The molecule has 1 N–H and O–H groups in total. The van der Waals surface area contributed by atoms with Gasteiger partial charge in [0.2, 0.25) is 0 Å². The third-order valence-corrected chi connectivity index (χ3v) is 3.13. The number of aliphatic hydroxyl groups excluding tert-OH is 1. The van der Waals surface area contributed by atoms with Gasteiger partial charge in [-0.1, -0.05) is 0 Å². The SMILES string of the molecule is CCN(CCO)C(=O)c1ccc(-n2cc(C)cn2)cc1. The van der Waals surface area contributed by atoms with Crippen LogP contribution >= 0.6 is 0 Å². The van der Waals surface area contributed by atoms with Gasteiger partial charge in [0.1, 0.15) is 0 Å². The van der Waals surface area contributed by atoms with E-state index in [-0.39, 0.29) is 12.5 Å². The molecule has 0 spiro atoms. The van der Waals surface area contributed by atoms with Crippen LogP contribution in [0.5, 0.6) is 0 Å². The van der Waals surface area contributed by atoms with Crippen LogP contribution in [0, 0.1) is 6.92 Å². The molecule has 106 valence electrons. The van der Waals surface area contributed by atoms with E-state index >= 15 is 0 Å². The number of aliphatic hydroxyl groups is 1. The predicted octanol–water partition coefficient (Wildman–Crippen LogP) is 1.64. The summed E-state index contributed by atoms with van der Waals surface area (Å²) in [7, 11) is 0. The molecule has 2 aromatic rings. The van der Waals surface area contributed by atoms with Crippen LogP contribution in [0.2, 0.25) is 0 Å². The highest BCUT2D eigenvalue weighted by Crippen LogP contribution is 2.11. The third kappa shape index (κ3) is 3.05. The number of aromatic nitrogens is 2. The van der Waals surface area contributed by atoms with Crippen molar-refractivity contribution in [1.29, 1.82) is 0 Å². The van der Waals surface area contributed by atoms with E-state index in [1.54, 1.807) is 27.9 Å². The van der Waals surface area contributed by atoms with Gasteiger partial charge in [-0.05, 0) is 43.7 Å². The van der Waals surface area contributed by atoms with Crippen molar-refractivity contribution < 1.29 is 9.90 Å². The van der Waals surface area contributed by atoms with E-state index in [9.17, 15) is 4.79 Å². The molecule has 0 bridgehead atoms. The Labute approximate surface area is 118 Å². The molecule has 0 aliphatic heterocycles. The van der Waals surface area contributed by atoms with E-state index < -0.39 is 0 Å². The van der Waals surface area contributed by atoms with Crippen LogP contribution in [-0.4, -0.2) is 45.4 Å².